The first-order valence-electron chi connectivity index (χ1n) is 19.2. The molecule has 2 aromatic rings. The summed E-state index contributed by atoms with van der Waals surface area (Å²) in [5, 5.41) is 7.55. The smallest absolute Gasteiger partial charge is 0.407 e. The summed E-state index contributed by atoms with van der Waals surface area (Å²) in [5.74, 6) is -0.423. The van der Waals surface area contributed by atoms with Gasteiger partial charge >= 0.3 is 6.09 Å². The zero-order chi connectivity index (χ0) is 39.8. The maximum Gasteiger partial charge on any atom is 0.407 e. The van der Waals surface area contributed by atoms with Crippen molar-refractivity contribution in [3.05, 3.63) is 52.0 Å². The van der Waals surface area contributed by atoms with Gasteiger partial charge in [-0.25, -0.2) is 22.9 Å². The number of piperidine rings is 2. The van der Waals surface area contributed by atoms with Gasteiger partial charge in [0, 0.05) is 56.4 Å². The fourth-order valence-corrected chi connectivity index (χ4v) is 9.15. The Morgan fingerprint density at radius 3 is 2.39 bits per heavy atom. The molecule has 1 aliphatic carbocycles. The fourth-order valence-electron chi connectivity index (χ4n) is 7.81. The molecule has 1 aromatic carbocycles. The third-order valence-corrected chi connectivity index (χ3v) is 13.0. The SMILES string of the molecule is CCNC(=O)O[C@H](C[C@H](C(C)C)N(C)C(=O)[C@@H](CC(=O)C12CC(CCN1C)C2)[C@@H](C)CC)c1nc(C(=O)N[C@H](CNS(C)(=O)=O)Cc2ccccc2)cs1. The largest absolute Gasteiger partial charge is 0.439 e. The van der Waals surface area contributed by atoms with Crippen LogP contribution in [0.25, 0.3) is 0 Å². The van der Waals surface area contributed by atoms with Gasteiger partial charge in [0.05, 0.1) is 11.8 Å². The van der Waals surface area contributed by atoms with Crippen molar-refractivity contribution in [2.75, 3.05) is 40.0 Å². The summed E-state index contributed by atoms with van der Waals surface area (Å²) in [6.45, 7) is 11.1. The van der Waals surface area contributed by atoms with Crippen LogP contribution in [-0.2, 0) is 30.8 Å². The van der Waals surface area contributed by atoms with Crippen molar-refractivity contribution in [2.45, 2.75) is 103 Å². The topological polar surface area (TPSA) is 167 Å². The average Bonchev–Trinajstić information content (AvgIpc) is 3.61. The highest BCUT2D eigenvalue weighted by atomic mass is 32.2. The molecule has 1 aromatic heterocycles. The molecule has 0 spiro atoms. The van der Waals surface area contributed by atoms with E-state index in [0.29, 0.717) is 23.9 Å². The second-order valence-electron chi connectivity index (χ2n) is 15.6. The van der Waals surface area contributed by atoms with Crippen LogP contribution in [0, 0.1) is 23.7 Å². The van der Waals surface area contributed by atoms with Crippen molar-refractivity contribution >= 4 is 45.1 Å². The Morgan fingerprint density at radius 2 is 1.80 bits per heavy atom. The van der Waals surface area contributed by atoms with Gasteiger partial charge in [-0.05, 0) is 69.5 Å². The summed E-state index contributed by atoms with van der Waals surface area (Å²) in [5.41, 5.74) is 0.559. The highest BCUT2D eigenvalue weighted by Crippen LogP contribution is 2.49. The number of carbonyl (C=O) groups excluding carboxylic acids is 4. The van der Waals surface area contributed by atoms with Crippen LogP contribution in [0.4, 0.5) is 4.79 Å². The number of Topliss-reactive ketones (excluding diaryl/α,β-unsaturated/α-hetero) is 1. The zero-order valence-electron chi connectivity index (χ0n) is 33.1. The van der Waals surface area contributed by atoms with E-state index < -0.39 is 45.6 Å². The fraction of sp³-hybridized carbons (Fsp3) is 0.667. The summed E-state index contributed by atoms with van der Waals surface area (Å²) in [6.07, 6.45) is 3.92. The van der Waals surface area contributed by atoms with Crippen molar-refractivity contribution in [1.82, 2.24) is 30.1 Å². The van der Waals surface area contributed by atoms with E-state index in [-0.39, 0.29) is 54.6 Å². The standard InChI is InChI=1S/C39H60N6O7S2/c1-9-26(5)30(19-34(46)39-21-28(22-39)16-17-44(39)6)37(48)45(7)32(25(3)4)20-33(52-38(49)40-10-2)36-43-31(24-53-36)35(47)42-29(23-41-54(8,50)51)18-27-14-12-11-13-15-27/h11-15,24-26,28-30,32-33,41H,9-10,16-23H2,1-8H3,(H,40,49)(H,42,47)/t26-,28?,29-,30-,32+,33+,39?/m0/s1. The molecule has 2 bridgehead atoms. The lowest BCUT2D eigenvalue weighted by atomic mass is 9.59. The first-order chi connectivity index (χ1) is 25.5. The van der Waals surface area contributed by atoms with Gasteiger partial charge in [-0.15, -0.1) is 11.3 Å². The number of likely N-dealkylation sites (N-methyl/N-ethyl adjacent to an activating group) is 1. The number of fused-ring (bicyclic) bond motifs is 2. The minimum absolute atomic E-state index is 0.0151. The van der Waals surface area contributed by atoms with Crippen LogP contribution in [0.5, 0.6) is 0 Å². The number of carbonyl (C=O) groups is 4. The molecule has 1 saturated carbocycles. The molecular formula is C39H60N6O7S2. The second-order valence-corrected chi connectivity index (χ2v) is 18.3. The Hall–Kier alpha value is -3.40. The van der Waals surface area contributed by atoms with E-state index in [0.717, 1.165) is 44.0 Å². The van der Waals surface area contributed by atoms with Crippen LogP contribution >= 0.6 is 11.3 Å². The second kappa shape index (κ2) is 19.0. The molecule has 3 amide bonds. The first kappa shape index (κ1) is 43.3. The Morgan fingerprint density at radius 1 is 1.11 bits per heavy atom. The Kier molecular flexibility index (Phi) is 15.2. The molecule has 5 rings (SSSR count). The maximum absolute atomic E-state index is 14.4. The Balaban J connectivity index is 1.54. The minimum Gasteiger partial charge on any atom is -0.439 e. The van der Waals surface area contributed by atoms with Crippen molar-refractivity contribution < 1.29 is 32.3 Å². The quantitative estimate of drug-likeness (QED) is 0.171. The van der Waals surface area contributed by atoms with Gasteiger partial charge in [-0.1, -0.05) is 64.4 Å². The number of ether oxygens (including phenoxy) is 1. The van der Waals surface area contributed by atoms with Gasteiger partial charge in [0.15, 0.2) is 11.9 Å². The summed E-state index contributed by atoms with van der Waals surface area (Å²) in [4.78, 5) is 63.2. The Bertz CT molecular complexity index is 1700. The molecule has 3 aliphatic rings. The molecule has 3 heterocycles. The number of nitrogens with zero attached hydrogens (tertiary/aromatic N) is 3. The monoisotopic (exact) mass is 788 g/mol. The van der Waals surface area contributed by atoms with Crippen molar-refractivity contribution in [3.63, 3.8) is 0 Å². The van der Waals surface area contributed by atoms with Gasteiger partial charge in [-0.3, -0.25) is 19.3 Å². The van der Waals surface area contributed by atoms with E-state index in [9.17, 15) is 27.6 Å². The summed E-state index contributed by atoms with van der Waals surface area (Å²) in [6, 6.07) is 8.47. The van der Waals surface area contributed by atoms with E-state index in [1.54, 1.807) is 24.3 Å². The zero-order valence-corrected chi connectivity index (χ0v) is 34.7. The van der Waals surface area contributed by atoms with E-state index >= 15 is 0 Å². The molecule has 3 N–H and O–H groups in total. The van der Waals surface area contributed by atoms with E-state index in [1.807, 2.05) is 65.1 Å². The van der Waals surface area contributed by atoms with E-state index in [4.69, 9.17) is 4.74 Å². The molecule has 13 nitrogen and oxygen atoms in total. The predicted molar refractivity (Wildman–Crippen MR) is 211 cm³/mol. The highest BCUT2D eigenvalue weighted by molar-refractivity contribution is 7.88. The number of alkyl carbamates (subject to hydrolysis) is 1. The first-order valence-corrected chi connectivity index (χ1v) is 22.0. The van der Waals surface area contributed by atoms with Crippen LogP contribution in [0.15, 0.2) is 35.7 Å². The molecule has 2 saturated heterocycles. The molecule has 0 unspecified atom stereocenters. The lowest BCUT2D eigenvalue weighted by molar-refractivity contribution is -0.153. The third-order valence-electron chi connectivity index (χ3n) is 11.4. The molecule has 15 heteroatoms. The lowest BCUT2D eigenvalue weighted by Gasteiger charge is -2.57. The summed E-state index contributed by atoms with van der Waals surface area (Å²) in [7, 11) is 0.277. The van der Waals surface area contributed by atoms with Crippen molar-refractivity contribution in [1.29, 1.82) is 0 Å². The average molecular weight is 789 g/mol. The molecule has 300 valence electrons. The number of aromatic nitrogens is 1. The number of sulfonamides is 1. The number of hydrogen-bond acceptors (Lipinski definition) is 10. The number of hydrogen-bond donors (Lipinski definition) is 3. The van der Waals surface area contributed by atoms with Gasteiger partial charge in [-0.2, -0.15) is 0 Å². The number of benzene rings is 1. The predicted octanol–water partition coefficient (Wildman–Crippen LogP) is 4.80. The lowest BCUT2D eigenvalue weighted by Crippen LogP contribution is -2.65. The van der Waals surface area contributed by atoms with E-state index in [2.05, 4.69) is 25.2 Å². The number of amides is 3. The molecule has 5 atom stereocenters. The molecule has 54 heavy (non-hydrogen) atoms. The van der Waals surface area contributed by atoms with Gasteiger partial charge < -0.3 is 20.3 Å². The molecule has 3 fully saturated rings. The van der Waals surface area contributed by atoms with Gasteiger partial charge in [0.2, 0.25) is 15.9 Å². The maximum atomic E-state index is 14.4. The Labute approximate surface area is 325 Å². The number of ketones is 1. The van der Waals surface area contributed by atoms with E-state index in [1.165, 1.54) is 11.3 Å². The van der Waals surface area contributed by atoms with Crippen LogP contribution < -0.4 is 15.4 Å². The number of nitrogens with one attached hydrogen (secondary N) is 3. The minimum atomic E-state index is -3.51. The summed E-state index contributed by atoms with van der Waals surface area (Å²) < 4.78 is 32.2. The van der Waals surface area contributed by atoms with Crippen LogP contribution in [-0.4, -0.2) is 105 Å². The van der Waals surface area contributed by atoms with Crippen LogP contribution in [0.2, 0.25) is 0 Å². The van der Waals surface area contributed by atoms with Crippen molar-refractivity contribution in [2.24, 2.45) is 23.7 Å². The highest BCUT2D eigenvalue weighted by Gasteiger charge is 2.55. The number of rotatable bonds is 20. The third kappa shape index (κ3) is 11.1. The van der Waals surface area contributed by atoms with Gasteiger partial charge in [0.25, 0.3) is 5.91 Å². The molecular weight excluding hydrogens is 729 g/mol. The van der Waals surface area contributed by atoms with Crippen LogP contribution in [0.3, 0.4) is 0 Å². The normalized spacial score (nSPS) is 21.2. The van der Waals surface area contributed by atoms with Crippen LogP contribution in [0.1, 0.15) is 100 Å². The molecule has 0 radical (unpaired) electrons. The molecule has 2 aliphatic heterocycles. The number of thiazole rings is 1. The van der Waals surface area contributed by atoms with Crippen molar-refractivity contribution in [3.8, 4) is 0 Å². The summed E-state index contributed by atoms with van der Waals surface area (Å²) >= 11 is 1.17. The van der Waals surface area contributed by atoms with Gasteiger partial charge in [0.1, 0.15) is 10.7 Å².